The van der Waals surface area contributed by atoms with E-state index in [1.54, 1.807) is 31.2 Å². The van der Waals surface area contributed by atoms with Crippen molar-refractivity contribution >= 4 is 17.5 Å². The average Bonchev–Trinajstić information content (AvgIpc) is 2.62. The number of hydrogen-bond acceptors (Lipinski definition) is 3. The zero-order valence-corrected chi connectivity index (χ0v) is 10.1. The van der Waals surface area contributed by atoms with Crippen LogP contribution in [0.4, 0.5) is 5.69 Å². The van der Waals surface area contributed by atoms with Crippen molar-refractivity contribution in [2.75, 3.05) is 11.4 Å². The van der Waals surface area contributed by atoms with Gasteiger partial charge in [-0.15, -0.1) is 0 Å². The van der Waals surface area contributed by atoms with Crippen molar-refractivity contribution in [1.29, 1.82) is 0 Å². The molecule has 92 valence electrons. The average molecular weight is 242 g/mol. The van der Waals surface area contributed by atoms with Gasteiger partial charge in [0.2, 0.25) is 11.8 Å². The van der Waals surface area contributed by atoms with Crippen LogP contribution in [-0.4, -0.2) is 18.4 Å². The normalized spacial score (nSPS) is 18.8. The fraction of sp³-hybridized carbons (Fsp3) is 0.286. The zero-order chi connectivity index (χ0) is 13.1. The third-order valence-electron chi connectivity index (χ3n) is 2.83. The van der Waals surface area contributed by atoms with Crippen molar-refractivity contribution in [3.63, 3.8) is 0 Å². The molecular formula is C14H14N2O2. The smallest absolute Gasteiger partial charge is 0.237 e. The molecule has 4 nitrogen and oxygen atoms in total. The van der Waals surface area contributed by atoms with E-state index in [-0.39, 0.29) is 24.2 Å². The van der Waals surface area contributed by atoms with Crippen LogP contribution in [0.2, 0.25) is 0 Å². The van der Waals surface area contributed by atoms with E-state index in [0.29, 0.717) is 12.2 Å². The molecule has 1 unspecified atom stereocenters. The Bertz CT molecular complexity index is 537. The molecule has 0 spiro atoms. The number of anilines is 1. The molecule has 1 aliphatic rings. The molecule has 0 aromatic heterocycles. The SMILES string of the molecule is CC1CC(=O)N(c2ccc(C#CCN)cc2)C1=O. The van der Waals surface area contributed by atoms with Crippen LogP contribution in [0.15, 0.2) is 24.3 Å². The lowest BCUT2D eigenvalue weighted by Crippen LogP contribution is -2.29. The van der Waals surface area contributed by atoms with Crippen LogP contribution in [0.5, 0.6) is 0 Å². The van der Waals surface area contributed by atoms with Gasteiger partial charge in [0.1, 0.15) is 0 Å². The Morgan fingerprint density at radius 2 is 2.00 bits per heavy atom. The number of amides is 2. The number of hydrogen-bond donors (Lipinski definition) is 1. The van der Waals surface area contributed by atoms with Gasteiger partial charge in [0.15, 0.2) is 0 Å². The Balaban J connectivity index is 2.25. The number of carbonyl (C=O) groups is 2. The van der Waals surface area contributed by atoms with Gasteiger partial charge in [-0.2, -0.15) is 0 Å². The van der Waals surface area contributed by atoms with E-state index >= 15 is 0 Å². The second-order valence-corrected chi connectivity index (χ2v) is 4.23. The maximum absolute atomic E-state index is 11.8. The molecule has 1 aromatic carbocycles. The Morgan fingerprint density at radius 3 is 2.50 bits per heavy atom. The molecule has 1 fully saturated rings. The van der Waals surface area contributed by atoms with Gasteiger partial charge in [-0.1, -0.05) is 18.8 Å². The van der Waals surface area contributed by atoms with Crippen LogP contribution < -0.4 is 10.6 Å². The summed E-state index contributed by atoms with van der Waals surface area (Å²) in [6.45, 7) is 2.07. The summed E-state index contributed by atoms with van der Waals surface area (Å²) in [5.41, 5.74) is 6.71. The largest absolute Gasteiger partial charge is 0.320 e. The van der Waals surface area contributed by atoms with Crippen LogP contribution in [-0.2, 0) is 9.59 Å². The van der Waals surface area contributed by atoms with E-state index in [2.05, 4.69) is 11.8 Å². The van der Waals surface area contributed by atoms with Gasteiger partial charge in [-0.3, -0.25) is 14.5 Å². The highest BCUT2D eigenvalue weighted by molar-refractivity contribution is 6.20. The van der Waals surface area contributed by atoms with Crippen LogP contribution in [0.3, 0.4) is 0 Å². The fourth-order valence-electron chi connectivity index (χ4n) is 1.90. The first-order valence-corrected chi connectivity index (χ1v) is 5.79. The van der Waals surface area contributed by atoms with Crippen LogP contribution in [0.1, 0.15) is 18.9 Å². The second kappa shape index (κ2) is 5.03. The zero-order valence-electron chi connectivity index (χ0n) is 10.1. The van der Waals surface area contributed by atoms with Gasteiger partial charge in [0.25, 0.3) is 0 Å². The van der Waals surface area contributed by atoms with E-state index in [0.717, 1.165) is 5.56 Å². The van der Waals surface area contributed by atoms with Gasteiger partial charge in [-0.25, -0.2) is 0 Å². The lowest BCUT2D eigenvalue weighted by Gasteiger charge is -2.14. The van der Waals surface area contributed by atoms with E-state index in [4.69, 9.17) is 5.73 Å². The monoisotopic (exact) mass is 242 g/mol. The van der Waals surface area contributed by atoms with Gasteiger partial charge in [0.05, 0.1) is 12.2 Å². The van der Waals surface area contributed by atoms with E-state index in [1.165, 1.54) is 4.90 Å². The Morgan fingerprint density at radius 1 is 1.33 bits per heavy atom. The molecule has 1 heterocycles. The molecular weight excluding hydrogens is 228 g/mol. The van der Waals surface area contributed by atoms with Crippen molar-refractivity contribution in [1.82, 2.24) is 0 Å². The van der Waals surface area contributed by atoms with Crippen molar-refractivity contribution in [2.24, 2.45) is 11.7 Å². The number of benzene rings is 1. The minimum atomic E-state index is -0.228. The number of rotatable bonds is 1. The summed E-state index contributed by atoms with van der Waals surface area (Å²) in [6.07, 6.45) is 0.285. The first-order valence-electron chi connectivity index (χ1n) is 5.79. The second-order valence-electron chi connectivity index (χ2n) is 4.23. The number of carbonyl (C=O) groups excluding carboxylic acids is 2. The van der Waals surface area contributed by atoms with Gasteiger partial charge >= 0.3 is 0 Å². The lowest BCUT2D eigenvalue weighted by atomic mass is 10.1. The summed E-state index contributed by atoms with van der Waals surface area (Å²) in [7, 11) is 0. The maximum Gasteiger partial charge on any atom is 0.237 e. The Labute approximate surface area is 106 Å². The summed E-state index contributed by atoms with van der Waals surface area (Å²) >= 11 is 0. The van der Waals surface area contributed by atoms with E-state index in [1.807, 2.05) is 0 Å². The molecule has 4 heteroatoms. The molecule has 0 radical (unpaired) electrons. The van der Waals surface area contributed by atoms with Crippen molar-refractivity contribution in [3.05, 3.63) is 29.8 Å². The third kappa shape index (κ3) is 2.27. The first kappa shape index (κ1) is 12.3. The van der Waals surface area contributed by atoms with Gasteiger partial charge in [-0.05, 0) is 24.3 Å². The maximum atomic E-state index is 11.8. The predicted octanol–water partition coefficient (Wildman–Crippen LogP) is 0.896. The molecule has 0 aliphatic carbocycles. The molecule has 18 heavy (non-hydrogen) atoms. The topological polar surface area (TPSA) is 63.4 Å². The Kier molecular flexibility index (Phi) is 3.45. The molecule has 1 atom stereocenters. The molecule has 2 N–H and O–H groups in total. The third-order valence-corrected chi connectivity index (χ3v) is 2.83. The minimum absolute atomic E-state index is 0.138. The highest BCUT2D eigenvalue weighted by Crippen LogP contribution is 2.26. The summed E-state index contributed by atoms with van der Waals surface area (Å²) < 4.78 is 0. The fourth-order valence-corrected chi connectivity index (χ4v) is 1.90. The number of nitrogens with two attached hydrogens (primary N) is 1. The van der Waals surface area contributed by atoms with Crippen molar-refractivity contribution in [3.8, 4) is 11.8 Å². The van der Waals surface area contributed by atoms with Gasteiger partial charge in [0, 0.05) is 17.9 Å². The minimum Gasteiger partial charge on any atom is -0.320 e. The predicted molar refractivity (Wildman–Crippen MR) is 68.6 cm³/mol. The number of imide groups is 1. The summed E-state index contributed by atoms with van der Waals surface area (Å²) in [6, 6.07) is 7.02. The van der Waals surface area contributed by atoms with Crippen LogP contribution in [0.25, 0.3) is 0 Å². The molecule has 1 aliphatic heterocycles. The molecule has 0 saturated carbocycles. The van der Waals surface area contributed by atoms with Crippen molar-refractivity contribution in [2.45, 2.75) is 13.3 Å². The highest BCUT2D eigenvalue weighted by atomic mass is 16.2. The first-order chi connectivity index (χ1) is 8.63. The molecule has 0 bridgehead atoms. The number of nitrogens with zero attached hydrogens (tertiary/aromatic N) is 1. The van der Waals surface area contributed by atoms with Crippen LogP contribution in [0, 0.1) is 17.8 Å². The molecule has 2 amide bonds. The molecule has 1 saturated heterocycles. The molecule has 1 aromatic rings. The summed E-state index contributed by atoms with van der Waals surface area (Å²) in [5.74, 6) is 5.13. The summed E-state index contributed by atoms with van der Waals surface area (Å²) in [4.78, 5) is 24.8. The quantitative estimate of drug-likeness (QED) is 0.587. The molecule has 2 rings (SSSR count). The van der Waals surface area contributed by atoms with Crippen molar-refractivity contribution < 1.29 is 9.59 Å². The summed E-state index contributed by atoms with van der Waals surface area (Å²) in [5, 5.41) is 0. The van der Waals surface area contributed by atoms with Gasteiger partial charge < -0.3 is 5.73 Å². The standard InChI is InChI=1S/C14H14N2O2/c1-10-9-13(17)16(14(10)18)12-6-4-11(5-7-12)3-2-8-15/h4-7,10H,8-9,15H2,1H3. The van der Waals surface area contributed by atoms with E-state index in [9.17, 15) is 9.59 Å². The Hall–Kier alpha value is -2.12. The highest BCUT2D eigenvalue weighted by Gasteiger charge is 2.36. The van der Waals surface area contributed by atoms with Crippen LogP contribution >= 0.6 is 0 Å². The van der Waals surface area contributed by atoms with E-state index < -0.39 is 0 Å². The lowest BCUT2D eigenvalue weighted by molar-refractivity contribution is -0.122.